The molecule has 0 spiro atoms. The lowest BCUT2D eigenvalue weighted by Crippen LogP contribution is -2.05. The molecule has 0 aliphatic heterocycles. The summed E-state index contributed by atoms with van der Waals surface area (Å²) in [7, 11) is 0. The first kappa shape index (κ1) is 9.89. The third-order valence-electron chi connectivity index (χ3n) is 1.97. The van der Waals surface area contributed by atoms with E-state index < -0.39 is 17.6 Å². The minimum Gasteiger partial charge on any atom is -0.256 e. The number of hydrogen-bond acceptors (Lipinski definition) is 1. The van der Waals surface area contributed by atoms with Crippen molar-refractivity contribution in [3.8, 4) is 0 Å². The molecule has 0 N–H and O–H groups in total. The smallest absolute Gasteiger partial charge is 0.256 e. The number of alkyl halides is 3. The van der Waals surface area contributed by atoms with E-state index in [1.165, 1.54) is 6.07 Å². The summed E-state index contributed by atoms with van der Waals surface area (Å²) >= 11 is 0. The molecule has 0 aliphatic rings. The van der Waals surface area contributed by atoms with E-state index in [1.54, 1.807) is 0 Å². The fourth-order valence-corrected chi connectivity index (χ4v) is 1.25. The average molecular weight is 215 g/mol. The SMILES string of the molecule is Fc1ccc2cc(C(F)(F)F)cnc2c1. The summed E-state index contributed by atoms with van der Waals surface area (Å²) in [6.45, 7) is 0. The molecule has 0 bridgehead atoms. The Morgan fingerprint density at radius 3 is 2.47 bits per heavy atom. The molecule has 0 radical (unpaired) electrons. The molecule has 0 atom stereocenters. The molecule has 0 saturated carbocycles. The summed E-state index contributed by atoms with van der Waals surface area (Å²) in [5.41, 5.74) is -0.621. The number of hydrogen-bond donors (Lipinski definition) is 0. The van der Waals surface area contributed by atoms with E-state index in [-0.39, 0.29) is 10.9 Å². The van der Waals surface area contributed by atoms with Crippen molar-refractivity contribution in [1.82, 2.24) is 4.98 Å². The van der Waals surface area contributed by atoms with Crippen LogP contribution in [-0.4, -0.2) is 4.98 Å². The van der Waals surface area contributed by atoms with Gasteiger partial charge in [0.1, 0.15) is 5.82 Å². The highest BCUT2D eigenvalue weighted by atomic mass is 19.4. The van der Waals surface area contributed by atoms with Crippen molar-refractivity contribution >= 4 is 10.9 Å². The lowest BCUT2D eigenvalue weighted by atomic mass is 10.1. The van der Waals surface area contributed by atoms with Gasteiger partial charge in [-0.1, -0.05) is 0 Å². The molecule has 1 aromatic heterocycles. The van der Waals surface area contributed by atoms with Gasteiger partial charge in [-0.3, -0.25) is 4.98 Å². The van der Waals surface area contributed by atoms with E-state index >= 15 is 0 Å². The molecule has 2 rings (SSSR count). The van der Waals surface area contributed by atoms with Gasteiger partial charge < -0.3 is 0 Å². The maximum Gasteiger partial charge on any atom is 0.417 e. The second kappa shape index (κ2) is 3.18. The zero-order valence-electron chi connectivity index (χ0n) is 7.35. The zero-order chi connectivity index (χ0) is 11.1. The van der Waals surface area contributed by atoms with Crippen LogP contribution in [0, 0.1) is 5.82 Å². The fourth-order valence-electron chi connectivity index (χ4n) is 1.25. The van der Waals surface area contributed by atoms with E-state index in [4.69, 9.17) is 0 Å². The van der Waals surface area contributed by atoms with Crippen molar-refractivity contribution in [3.05, 3.63) is 41.8 Å². The Morgan fingerprint density at radius 1 is 1.07 bits per heavy atom. The summed E-state index contributed by atoms with van der Waals surface area (Å²) in [5.74, 6) is -0.519. The van der Waals surface area contributed by atoms with E-state index in [1.807, 2.05) is 0 Å². The average Bonchev–Trinajstić information content (AvgIpc) is 2.15. The van der Waals surface area contributed by atoms with Crippen molar-refractivity contribution < 1.29 is 17.6 Å². The molecular formula is C10H5F4N. The van der Waals surface area contributed by atoms with Gasteiger partial charge in [0.05, 0.1) is 11.1 Å². The summed E-state index contributed by atoms with van der Waals surface area (Å²) in [6, 6.07) is 4.41. The van der Waals surface area contributed by atoms with Crippen LogP contribution in [0.25, 0.3) is 10.9 Å². The lowest BCUT2D eigenvalue weighted by molar-refractivity contribution is -0.137. The Morgan fingerprint density at radius 2 is 1.80 bits per heavy atom. The molecule has 0 fully saturated rings. The van der Waals surface area contributed by atoms with Gasteiger partial charge in [0.25, 0.3) is 0 Å². The summed E-state index contributed by atoms with van der Waals surface area (Å²) < 4.78 is 49.6. The number of pyridine rings is 1. The Labute approximate surface area is 82.4 Å². The first-order valence-corrected chi connectivity index (χ1v) is 4.09. The van der Waals surface area contributed by atoms with Gasteiger partial charge in [-0.15, -0.1) is 0 Å². The summed E-state index contributed by atoms with van der Waals surface area (Å²) in [4.78, 5) is 3.55. The van der Waals surface area contributed by atoms with Crippen LogP contribution in [0.1, 0.15) is 5.56 Å². The first-order chi connectivity index (χ1) is 6.97. The molecule has 0 amide bonds. The fraction of sp³-hybridized carbons (Fsp3) is 0.100. The highest BCUT2D eigenvalue weighted by Gasteiger charge is 2.30. The minimum atomic E-state index is -4.42. The second-order valence-electron chi connectivity index (χ2n) is 3.06. The van der Waals surface area contributed by atoms with Gasteiger partial charge in [-0.05, 0) is 18.2 Å². The summed E-state index contributed by atoms with van der Waals surface area (Å²) in [5, 5.41) is 0.270. The van der Waals surface area contributed by atoms with Gasteiger partial charge in [0.2, 0.25) is 0 Å². The second-order valence-corrected chi connectivity index (χ2v) is 3.06. The number of benzene rings is 1. The molecule has 78 valence electrons. The van der Waals surface area contributed by atoms with Gasteiger partial charge >= 0.3 is 6.18 Å². The third-order valence-corrected chi connectivity index (χ3v) is 1.97. The molecule has 0 saturated heterocycles. The Kier molecular flexibility index (Phi) is 2.10. The molecule has 1 heterocycles. The largest absolute Gasteiger partial charge is 0.417 e. The van der Waals surface area contributed by atoms with Gasteiger partial charge in [-0.25, -0.2) is 4.39 Å². The van der Waals surface area contributed by atoms with Crippen molar-refractivity contribution in [2.24, 2.45) is 0 Å². The molecule has 15 heavy (non-hydrogen) atoms. The van der Waals surface area contributed by atoms with Crippen molar-refractivity contribution in [2.75, 3.05) is 0 Å². The minimum absolute atomic E-state index is 0.211. The highest BCUT2D eigenvalue weighted by molar-refractivity contribution is 5.79. The zero-order valence-corrected chi connectivity index (χ0v) is 7.35. The van der Waals surface area contributed by atoms with E-state index in [2.05, 4.69) is 4.98 Å². The van der Waals surface area contributed by atoms with Crippen LogP contribution in [0.2, 0.25) is 0 Å². The lowest BCUT2D eigenvalue weighted by Gasteiger charge is -2.06. The predicted molar refractivity (Wildman–Crippen MR) is 46.7 cm³/mol. The van der Waals surface area contributed by atoms with Crippen molar-refractivity contribution in [1.29, 1.82) is 0 Å². The van der Waals surface area contributed by atoms with Crippen LogP contribution >= 0.6 is 0 Å². The molecule has 1 nitrogen and oxygen atoms in total. The van der Waals surface area contributed by atoms with E-state index in [0.29, 0.717) is 6.20 Å². The first-order valence-electron chi connectivity index (χ1n) is 4.09. The van der Waals surface area contributed by atoms with Gasteiger partial charge in [0.15, 0.2) is 0 Å². The molecular weight excluding hydrogens is 210 g/mol. The standard InChI is InChI=1S/C10H5F4N/c11-8-2-1-6-3-7(10(12,13)14)5-15-9(6)4-8/h1-5H. The highest BCUT2D eigenvalue weighted by Crippen LogP contribution is 2.30. The van der Waals surface area contributed by atoms with Gasteiger partial charge in [0, 0.05) is 17.6 Å². The quantitative estimate of drug-likeness (QED) is 0.614. The Bertz CT molecular complexity index is 504. The maximum atomic E-state index is 12.7. The van der Waals surface area contributed by atoms with Crippen LogP contribution in [0.5, 0.6) is 0 Å². The topological polar surface area (TPSA) is 12.9 Å². The van der Waals surface area contributed by atoms with Crippen LogP contribution in [0.4, 0.5) is 17.6 Å². The van der Waals surface area contributed by atoms with Crippen LogP contribution in [-0.2, 0) is 6.18 Å². The van der Waals surface area contributed by atoms with Crippen molar-refractivity contribution in [3.63, 3.8) is 0 Å². The number of aromatic nitrogens is 1. The number of halogens is 4. The normalized spacial score (nSPS) is 12.0. The Hall–Kier alpha value is -1.65. The third kappa shape index (κ3) is 1.91. The molecule has 0 unspecified atom stereocenters. The molecule has 5 heteroatoms. The van der Waals surface area contributed by atoms with Crippen LogP contribution < -0.4 is 0 Å². The maximum absolute atomic E-state index is 12.7. The van der Waals surface area contributed by atoms with E-state index in [9.17, 15) is 17.6 Å². The van der Waals surface area contributed by atoms with E-state index in [0.717, 1.165) is 18.2 Å². The van der Waals surface area contributed by atoms with Crippen molar-refractivity contribution in [2.45, 2.75) is 6.18 Å². The molecule has 0 aliphatic carbocycles. The molecule has 2 aromatic rings. The van der Waals surface area contributed by atoms with Crippen LogP contribution in [0.3, 0.4) is 0 Å². The number of nitrogens with zero attached hydrogens (tertiary/aromatic N) is 1. The number of rotatable bonds is 0. The molecule has 1 aromatic carbocycles. The number of fused-ring (bicyclic) bond motifs is 1. The van der Waals surface area contributed by atoms with Gasteiger partial charge in [-0.2, -0.15) is 13.2 Å². The monoisotopic (exact) mass is 215 g/mol. The Balaban J connectivity index is 2.62. The van der Waals surface area contributed by atoms with Crippen LogP contribution in [0.15, 0.2) is 30.5 Å². The summed E-state index contributed by atoms with van der Waals surface area (Å²) in [6.07, 6.45) is -3.72. The predicted octanol–water partition coefficient (Wildman–Crippen LogP) is 3.39.